The Kier molecular flexibility index (Phi) is 7.01. The summed E-state index contributed by atoms with van der Waals surface area (Å²) in [5.41, 5.74) is 0.848. The molecule has 0 saturated carbocycles. The van der Waals surface area contributed by atoms with Gasteiger partial charge in [0.1, 0.15) is 11.4 Å². The molecule has 0 fully saturated rings. The second kappa shape index (κ2) is 9.50. The van der Waals surface area contributed by atoms with E-state index in [2.05, 4.69) is 24.9 Å². The van der Waals surface area contributed by atoms with Gasteiger partial charge in [-0.2, -0.15) is 0 Å². The Morgan fingerprint density at radius 3 is 2.43 bits per heavy atom. The molecule has 30 heavy (non-hydrogen) atoms. The van der Waals surface area contributed by atoms with Crippen LogP contribution in [0.25, 0.3) is 11.4 Å². The number of hydrogen-bond acceptors (Lipinski definition) is 7. The molecule has 160 valence electrons. The van der Waals surface area contributed by atoms with Crippen LogP contribution < -0.4 is 4.72 Å². The largest absolute Gasteiger partial charge is 0.372 e. The monoisotopic (exact) mass is 450 g/mol. The minimum atomic E-state index is -3.90. The Morgan fingerprint density at radius 2 is 1.83 bits per heavy atom. The number of hydrogen-bond donors (Lipinski definition) is 1. The van der Waals surface area contributed by atoms with Crippen molar-refractivity contribution in [1.29, 1.82) is 0 Å². The van der Waals surface area contributed by atoms with Crippen LogP contribution in [0, 0.1) is 0 Å². The molecular formula is C19H23ClN6O3S. The SMILES string of the molecule is CCCn1c(NS(=O)(=O)[C@@H](C)[C@H](OC)c2ncc(Cl)cn2)nnc1-c1ccccc1. The number of rotatable bonds is 9. The minimum absolute atomic E-state index is 0.148. The molecule has 3 rings (SSSR count). The maximum Gasteiger partial charge on any atom is 0.240 e. The molecule has 2 aromatic heterocycles. The number of anilines is 1. The average Bonchev–Trinajstić information content (AvgIpc) is 3.12. The van der Waals surface area contributed by atoms with Crippen LogP contribution in [-0.4, -0.2) is 45.5 Å². The number of benzene rings is 1. The predicted octanol–water partition coefficient (Wildman–Crippen LogP) is 3.32. The first kappa shape index (κ1) is 22.1. The lowest BCUT2D eigenvalue weighted by atomic mass is 10.2. The Hall–Kier alpha value is -2.56. The second-order valence-electron chi connectivity index (χ2n) is 6.63. The van der Waals surface area contributed by atoms with Crippen molar-refractivity contribution in [1.82, 2.24) is 24.7 Å². The van der Waals surface area contributed by atoms with Crippen LogP contribution in [-0.2, 0) is 21.3 Å². The Labute approximate surface area is 180 Å². The van der Waals surface area contributed by atoms with Gasteiger partial charge in [0.15, 0.2) is 11.6 Å². The van der Waals surface area contributed by atoms with Crippen molar-refractivity contribution >= 4 is 27.6 Å². The molecule has 1 aromatic carbocycles. The maximum absolute atomic E-state index is 13.1. The van der Waals surface area contributed by atoms with Crippen LogP contribution >= 0.6 is 11.6 Å². The normalized spacial score (nSPS) is 13.7. The summed E-state index contributed by atoms with van der Waals surface area (Å²) in [4.78, 5) is 8.18. The smallest absolute Gasteiger partial charge is 0.240 e. The molecular weight excluding hydrogens is 428 g/mol. The number of nitrogens with one attached hydrogen (secondary N) is 1. The highest BCUT2D eigenvalue weighted by atomic mass is 35.5. The highest BCUT2D eigenvalue weighted by Gasteiger charge is 2.34. The van der Waals surface area contributed by atoms with Gasteiger partial charge in [0.25, 0.3) is 0 Å². The third-order valence-corrected chi connectivity index (χ3v) is 6.42. The van der Waals surface area contributed by atoms with Gasteiger partial charge >= 0.3 is 0 Å². The first-order valence-electron chi connectivity index (χ1n) is 9.37. The fraction of sp³-hybridized carbons (Fsp3) is 0.368. The molecule has 11 heteroatoms. The van der Waals surface area contributed by atoms with Crippen LogP contribution in [0.15, 0.2) is 42.7 Å². The van der Waals surface area contributed by atoms with E-state index in [4.69, 9.17) is 16.3 Å². The maximum atomic E-state index is 13.1. The molecule has 1 N–H and O–H groups in total. The lowest BCUT2D eigenvalue weighted by molar-refractivity contribution is 0.0950. The van der Waals surface area contributed by atoms with Gasteiger partial charge < -0.3 is 4.74 Å². The summed E-state index contributed by atoms with van der Waals surface area (Å²) in [5, 5.41) is 7.62. The molecule has 2 heterocycles. The fourth-order valence-electron chi connectivity index (χ4n) is 2.97. The van der Waals surface area contributed by atoms with E-state index in [1.807, 2.05) is 37.3 Å². The van der Waals surface area contributed by atoms with E-state index >= 15 is 0 Å². The zero-order valence-corrected chi connectivity index (χ0v) is 18.4. The molecule has 0 unspecified atom stereocenters. The van der Waals surface area contributed by atoms with E-state index in [0.29, 0.717) is 17.4 Å². The Balaban J connectivity index is 1.90. The van der Waals surface area contributed by atoms with E-state index in [-0.39, 0.29) is 11.8 Å². The summed E-state index contributed by atoms with van der Waals surface area (Å²) < 4.78 is 35.9. The quantitative estimate of drug-likeness (QED) is 0.532. The van der Waals surface area contributed by atoms with Gasteiger partial charge in [-0.15, -0.1) is 10.2 Å². The van der Waals surface area contributed by atoms with Crippen LogP contribution in [0.5, 0.6) is 0 Å². The lowest BCUT2D eigenvalue weighted by Gasteiger charge is -2.22. The number of ether oxygens (including phenoxy) is 1. The molecule has 0 aliphatic rings. The van der Waals surface area contributed by atoms with Gasteiger partial charge in [-0.05, 0) is 13.3 Å². The number of nitrogens with zero attached hydrogens (tertiary/aromatic N) is 5. The zero-order valence-electron chi connectivity index (χ0n) is 16.9. The number of sulfonamides is 1. The van der Waals surface area contributed by atoms with Gasteiger partial charge in [-0.3, -0.25) is 9.29 Å². The average molecular weight is 451 g/mol. The lowest BCUT2D eigenvalue weighted by Crippen LogP contribution is -2.33. The molecule has 2 atom stereocenters. The molecule has 0 aliphatic carbocycles. The molecule has 0 aliphatic heterocycles. The number of halogens is 1. The standard InChI is InChI=1S/C19H23ClN6O3S/c1-4-10-26-18(14-8-6-5-7-9-14)23-24-19(26)25-30(27,28)13(2)16(29-3)17-21-11-15(20)12-22-17/h5-9,11-13,16H,4,10H2,1-3H3,(H,24,25)/t13-,16-/m0/s1. The van der Waals surface area contributed by atoms with Crippen LogP contribution in [0.2, 0.25) is 5.02 Å². The van der Waals surface area contributed by atoms with Crippen molar-refractivity contribution in [3.05, 3.63) is 53.6 Å². The number of aromatic nitrogens is 5. The van der Waals surface area contributed by atoms with Crippen LogP contribution in [0.3, 0.4) is 0 Å². The van der Waals surface area contributed by atoms with E-state index < -0.39 is 21.4 Å². The zero-order chi connectivity index (χ0) is 21.7. The van der Waals surface area contributed by atoms with Crippen molar-refractivity contribution in [3.8, 4) is 11.4 Å². The van der Waals surface area contributed by atoms with Crippen LogP contribution in [0.4, 0.5) is 5.95 Å². The fourth-order valence-corrected chi connectivity index (χ4v) is 4.22. The summed E-state index contributed by atoms with van der Waals surface area (Å²) in [5.74, 6) is 0.960. The van der Waals surface area contributed by atoms with E-state index in [0.717, 1.165) is 12.0 Å². The van der Waals surface area contributed by atoms with Crippen molar-refractivity contribution in [3.63, 3.8) is 0 Å². The molecule has 0 spiro atoms. The summed E-state index contributed by atoms with van der Waals surface area (Å²) >= 11 is 5.82. The molecule has 3 aromatic rings. The van der Waals surface area contributed by atoms with Crippen molar-refractivity contribution in [2.75, 3.05) is 11.8 Å². The van der Waals surface area contributed by atoms with E-state index in [9.17, 15) is 8.42 Å². The summed E-state index contributed by atoms with van der Waals surface area (Å²) in [6.45, 7) is 4.07. The second-order valence-corrected chi connectivity index (χ2v) is 9.11. The van der Waals surface area contributed by atoms with Gasteiger partial charge in [-0.25, -0.2) is 18.4 Å². The van der Waals surface area contributed by atoms with Crippen molar-refractivity contribution < 1.29 is 13.2 Å². The van der Waals surface area contributed by atoms with Crippen molar-refractivity contribution in [2.45, 2.75) is 38.2 Å². The summed E-state index contributed by atoms with van der Waals surface area (Å²) in [6.07, 6.45) is 2.68. The Bertz CT molecular complexity index is 1070. The molecule has 9 nitrogen and oxygen atoms in total. The van der Waals surface area contributed by atoms with Gasteiger partial charge in [0.2, 0.25) is 16.0 Å². The molecule has 0 bridgehead atoms. The Morgan fingerprint density at radius 1 is 1.17 bits per heavy atom. The molecule has 0 saturated heterocycles. The summed E-state index contributed by atoms with van der Waals surface area (Å²) in [7, 11) is -2.50. The van der Waals surface area contributed by atoms with Crippen molar-refractivity contribution in [2.24, 2.45) is 0 Å². The minimum Gasteiger partial charge on any atom is -0.372 e. The third-order valence-electron chi connectivity index (χ3n) is 4.53. The first-order chi connectivity index (χ1) is 14.4. The van der Waals surface area contributed by atoms with Crippen LogP contribution in [0.1, 0.15) is 32.2 Å². The molecule has 0 amide bonds. The first-order valence-corrected chi connectivity index (χ1v) is 11.3. The van der Waals surface area contributed by atoms with Gasteiger partial charge in [0.05, 0.1) is 5.02 Å². The van der Waals surface area contributed by atoms with E-state index in [1.165, 1.54) is 26.4 Å². The highest BCUT2D eigenvalue weighted by molar-refractivity contribution is 7.93. The highest BCUT2D eigenvalue weighted by Crippen LogP contribution is 2.26. The number of methoxy groups -OCH3 is 1. The van der Waals surface area contributed by atoms with E-state index in [1.54, 1.807) is 4.57 Å². The van der Waals surface area contributed by atoms with Gasteiger partial charge in [-0.1, -0.05) is 48.9 Å². The van der Waals surface area contributed by atoms with Gasteiger partial charge in [0, 0.05) is 31.6 Å². The predicted molar refractivity (Wildman–Crippen MR) is 115 cm³/mol. The summed E-state index contributed by atoms with van der Waals surface area (Å²) in [6, 6.07) is 9.48. The third kappa shape index (κ3) is 4.77. The molecule has 0 radical (unpaired) electrons. The topological polar surface area (TPSA) is 112 Å².